The summed E-state index contributed by atoms with van der Waals surface area (Å²) in [5, 5.41) is 13.9. The van der Waals surface area contributed by atoms with E-state index in [9.17, 15) is 9.90 Å². The lowest BCUT2D eigenvalue weighted by Crippen LogP contribution is -2.48. The Bertz CT molecular complexity index is 1330. The lowest BCUT2D eigenvalue weighted by atomic mass is 9.97. The van der Waals surface area contributed by atoms with Gasteiger partial charge in [0.15, 0.2) is 5.60 Å². The van der Waals surface area contributed by atoms with E-state index in [1.165, 1.54) is 6.92 Å². The molecule has 9 heteroatoms. The number of rotatable bonds is 4. The third kappa shape index (κ3) is 4.06. The number of nitrogens with one attached hydrogen (secondary N) is 1. The summed E-state index contributed by atoms with van der Waals surface area (Å²) in [6, 6.07) is 5.78. The van der Waals surface area contributed by atoms with Gasteiger partial charge in [-0.15, -0.1) is 0 Å². The molecule has 3 aromatic rings. The van der Waals surface area contributed by atoms with Gasteiger partial charge in [0.2, 0.25) is 5.91 Å². The van der Waals surface area contributed by atoms with Crippen LogP contribution in [-0.4, -0.2) is 64.7 Å². The van der Waals surface area contributed by atoms with Crippen molar-refractivity contribution >= 4 is 22.6 Å². The molecule has 5 heterocycles. The van der Waals surface area contributed by atoms with Gasteiger partial charge < -0.3 is 24.6 Å². The number of hydrogen-bond donors (Lipinski definition) is 2. The van der Waals surface area contributed by atoms with Gasteiger partial charge in [-0.3, -0.25) is 9.36 Å². The van der Waals surface area contributed by atoms with E-state index in [1.54, 1.807) is 19.4 Å². The minimum Gasteiger partial charge on any atom is -0.378 e. The van der Waals surface area contributed by atoms with Gasteiger partial charge in [0.05, 0.1) is 36.6 Å². The Morgan fingerprint density at radius 1 is 1.26 bits per heavy atom. The highest BCUT2D eigenvalue weighted by Gasteiger charge is 2.39. The van der Waals surface area contributed by atoms with Crippen LogP contribution in [-0.2, 0) is 24.6 Å². The molecule has 2 saturated heterocycles. The van der Waals surface area contributed by atoms with Crippen LogP contribution in [0.4, 0.5) is 5.82 Å². The number of fused-ring (bicyclic) bond motifs is 1. The number of amides is 1. The van der Waals surface area contributed by atoms with E-state index in [-0.39, 0.29) is 19.1 Å². The molecule has 0 aliphatic carbocycles. The van der Waals surface area contributed by atoms with Gasteiger partial charge in [-0.2, -0.15) is 0 Å². The van der Waals surface area contributed by atoms with E-state index in [4.69, 9.17) is 19.2 Å². The topological polar surface area (TPSA) is 108 Å². The Morgan fingerprint density at radius 3 is 2.74 bits per heavy atom. The van der Waals surface area contributed by atoms with E-state index >= 15 is 0 Å². The molecular formula is C25H26N4O5. The molecule has 0 bridgehead atoms. The zero-order chi connectivity index (χ0) is 23.9. The van der Waals surface area contributed by atoms with Crippen LogP contribution in [0.1, 0.15) is 30.2 Å². The van der Waals surface area contributed by atoms with Crippen molar-refractivity contribution < 1.29 is 24.1 Å². The Balaban J connectivity index is 1.67. The molecule has 5 rings (SSSR count). The number of hydrogen-bond acceptors (Lipinski definition) is 7. The first-order valence-corrected chi connectivity index (χ1v) is 11.1. The predicted molar refractivity (Wildman–Crippen MR) is 125 cm³/mol. The molecule has 34 heavy (non-hydrogen) atoms. The Hall–Kier alpha value is -3.29. The van der Waals surface area contributed by atoms with Gasteiger partial charge in [0.1, 0.15) is 17.2 Å². The zero-order valence-corrected chi connectivity index (χ0v) is 19.3. The van der Waals surface area contributed by atoms with Crippen LogP contribution in [0.2, 0.25) is 0 Å². The second-order valence-electron chi connectivity index (χ2n) is 8.84. The summed E-state index contributed by atoms with van der Waals surface area (Å²) in [4.78, 5) is 20.9. The van der Waals surface area contributed by atoms with Crippen molar-refractivity contribution in [3.63, 3.8) is 0 Å². The lowest BCUT2D eigenvalue weighted by molar-refractivity contribution is -0.140. The monoisotopic (exact) mass is 462 g/mol. The van der Waals surface area contributed by atoms with E-state index < -0.39 is 11.2 Å². The molecule has 2 fully saturated rings. The predicted octanol–water partition coefficient (Wildman–Crippen LogP) is 2.06. The van der Waals surface area contributed by atoms with Crippen LogP contribution in [0, 0.1) is 18.8 Å². The summed E-state index contributed by atoms with van der Waals surface area (Å²) in [5.74, 6) is 6.89. The Labute approximate surface area is 197 Å². The molecule has 2 N–H and O–H groups in total. The minimum absolute atomic E-state index is 0.188. The number of anilines is 1. The number of aliphatic hydroxyl groups is 1. The van der Waals surface area contributed by atoms with E-state index in [0.29, 0.717) is 30.4 Å². The summed E-state index contributed by atoms with van der Waals surface area (Å²) in [7, 11) is 1.68. The number of carbonyl (C=O) groups is 1. The van der Waals surface area contributed by atoms with Crippen LogP contribution in [0.15, 0.2) is 30.6 Å². The van der Waals surface area contributed by atoms with Crippen molar-refractivity contribution in [2.24, 2.45) is 0 Å². The maximum Gasteiger partial charge on any atom is 0.222 e. The summed E-state index contributed by atoms with van der Waals surface area (Å²) < 4.78 is 18.5. The Kier molecular flexibility index (Phi) is 5.62. The molecule has 0 unspecified atom stereocenters. The number of nitrogens with zero attached hydrogens (tertiary/aromatic N) is 3. The largest absolute Gasteiger partial charge is 0.378 e. The Morgan fingerprint density at radius 2 is 2.09 bits per heavy atom. The molecule has 1 atom stereocenters. The first kappa shape index (κ1) is 22.5. The van der Waals surface area contributed by atoms with Gasteiger partial charge in [-0.1, -0.05) is 11.8 Å². The van der Waals surface area contributed by atoms with Crippen molar-refractivity contribution in [2.75, 3.05) is 38.9 Å². The van der Waals surface area contributed by atoms with Gasteiger partial charge >= 0.3 is 0 Å². The summed E-state index contributed by atoms with van der Waals surface area (Å²) in [6.45, 7) is 4.88. The number of methoxy groups -OCH3 is 1. The molecule has 0 aromatic carbocycles. The second-order valence-corrected chi connectivity index (χ2v) is 8.84. The highest BCUT2D eigenvalue weighted by Crippen LogP contribution is 2.34. The number of aryl methyl sites for hydroxylation is 1. The number of aromatic nitrogens is 3. The number of carbonyl (C=O) groups excluding carboxylic acids is 1. The third-order valence-corrected chi connectivity index (χ3v) is 6.15. The van der Waals surface area contributed by atoms with Crippen molar-refractivity contribution in [1.29, 1.82) is 0 Å². The molecule has 2 aliphatic heterocycles. The van der Waals surface area contributed by atoms with Crippen molar-refractivity contribution in [3.8, 4) is 17.7 Å². The summed E-state index contributed by atoms with van der Waals surface area (Å²) in [6.07, 6.45) is 4.26. The first-order chi connectivity index (χ1) is 16.3. The van der Waals surface area contributed by atoms with Crippen molar-refractivity contribution in [1.82, 2.24) is 14.5 Å². The second kappa shape index (κ2) is 8.49. The van der Waals surface area contributed by atoms with Gasteiger partial charge in [-0.25, -0.2) is 9.97 Å². The van der Waals surface area contributed by atoms with Crippen LogP contribution in [0.25, 0.3) is 16.7 Å². The molecule has 2 aliphatic rings. The number of pyridine rings is 2. The van der Waals surface area contributed by atoms with Crippen LogP contribution >= 0.6 is 0 Å². The molecular weight excluding hydrogens is 436 g/mol. The standard InChI is InChI=1S/C25H26N4O5/c1-16-8-21(25(32-3)6-7-33-15-25)28-23(9-16)29-12-18(4-5-24(31)13-34-14-24)19-11-26-22(10-20(19)29)27-17(2)30/h8-12,31H,6-7,13-15H2,1-3H3,(H,26,27,30)/t25-/m0/s1. The molecule has 1 amide bonds. The van der Waals surface area contributed by atoms with Gasteiger partial charge in [0, 0.05) is 50.9 Å². The summed E-state index contributed by atoms with van der Waals surface area (Å²) in [5.41, 5.74) is 1.55. The lowest BCUT2D eigenvalue weighted by Gasteiger charge is -2.30. The summed E-state index contributed by atoms with van der Waals surface area (Å²) >= 11 is 0. The maximum atomic E-state index is 11.6. The molecule has 0 saturated carbocycles. The van der Waals surface area contributed by atoms with Crippen LogP contribution < -0.4 is 5.32 Å². The minimum atomic E-state index is -1.14. The van der Waals surface area contributed by atoms with Gasteiger partial charge in [0.25, 0.3) is 0 Å². The fraction of sp³-hybridized carbons (Fsp3) is 0.400. The highest BCUT2D eigenvalue weighted by atomic mass is 16.6. The van der Waals surface area contributed by atoms with E-state index in [2.05, 4.69) is 22.1 Å². The zero-order valence-electron chi connectivity index (χ0n) is 19.3. The molecule has 9 nitrogen and oxygen atoms in total. The molecule has 176 valence electrons. The van der Waals surface area contributed by atoms with Crippen LogP contribution in [0.5, 0.6) is 0 Å². The smallest absolute Gasteiger partial charge is 0.222 e. The average Bonchev–Trinajstić information content (AvgIpc) is 3.41. The quantitative estimate of drug-likeness (QED) is 0.572. The van der Waals surface area contributed by atoms with Crippen molar-refractivity contribution in [2.45, 2.75) is 31.5 Å². The normalized spacial score (nSPS) is 21.1. The van der Waals surface area contributed by atoms with Gasteiger partial charge in [-0.05, 0) is 24.6 Å². The van der Waals surface area contributed by atoms with Crippen molar-refractivity contribution in [3.05, 3.63) is 47.4 Å². The fourth-order valence-electron chi connectivity index (χ4n) is 4.23. The van der Waals surface area contributed by atoms with E-state index in [0.717, 1.165) is 28.6 Å². The van der Waals surface area contributed by atoms with Crippen LogP contribution in [0.3, 0.4) is 0 Å². The number of ether oxygens (including phenoxy) is 3. The molecule has 3 aromatic heterocycles. The first-order valence-electron chi connectivity index (χ1n) is 11.1. The SMILES string of the molecule is CO[C@@]1(c2cc(C)cc(-n3cc(C#CC4(O)COC4)c4cnc(NC(C)=O)cc43)n2)CCOC1. The highest BCUT2D eigenvalue weighted by molar-refractivity contribution is 5.93. The van der Waals surface area contributed by atoms with E-state index in [1.807, 2.05) is 29.8 Å². The molecule has 0 spiro atoms. The molecule has 0 radical (unpaired) electrons. The average molecular weight is 463 g/mol. The third-order valence-electron chi connectivity index (χ3n) is 6.15. The maximum absolute atomic E-state index is 11.6. The fourth-order valence-corrected chi connectivity index (χ4v) is 4.23.